The highest BCUT2D eigenvalue weighted by atomic mass is 16.5. The summed E-state index contributed by atoms with van der Waals surface area (Å²) in [6, 6.07) is 0. The second kappa shape index (κ2) is 6.24. The molecule has 0 saturated heterocycles. The number of imidazole rings is 1. The molecule has 0 saturated carbocycles. The SMILES string of the molecule is CCOC(=O)CC(O)Cn1ccn(CC)c1=O. The number of hydrogen-bond donors (Lipinski definition) is 1. The maximum absolute atomic E-state index is 11.6. The minimum absolute atomic E-state index is 0.0996. The Morgan fingerprint density at radius 2 is 2.06 bits per heavy atom. The lowest BCUT2D eigenvalue weighted by Crippen LogP contribution is -2.29. The van der Waals surface area contributed by atoms with Crippen molar-refractivity contribution in [2.45, 2.75) is 39.5 Å². The van der Waals surface area contributed by atoms with Crippen molar-refractivity contribution in [3.8, 4) is 0 Å². The lowest BCUT2D eigenvalue weighted by atomic mass is 10.2. The zero-order chi connectivity index (χ0) is 12.8. The lowest BCUT2D eigenvalue weighted by molar-refractivity contribution is -0.145. The van der Waals surface area contributed by atoms with Gasteiger partial charge >= 0.3 is 11.7 Å². The molecule has 0 aliphatic heterocycles. The molecular weight excluding hydrogens is 224 g/mol. The third kappa shape index (κ3) is 3.74. The minimum atomic E-state index is -0.903. The monoisotopic (exact) mass is 242 g/mol. The summed E-state index contributed by atoms with van der Waals surface area (Å²) >= 11 is 0. The predicted octanol–water partition coefficient (Wildman–Crippen LogP) is -0.0162. The van der Waals surface area contributed by atoms with E-state index in [1.54, 1.807) is 19.3 Å². The smallest absolute Gasteiger partial charge is 0.328 e. The van der Waals surface area contributed by atoms with Gasteiger partial charge < -0.3 is 9.84 Å². The van der Waals surface area contributed by atoms with Crippen LogP contribution in [-0.2, 0) is 22.6 Å². The molecule has 17 heavy (non-hydrogen) atoms. The molecule has 0 radical (unpaired) electrons. The van der Waals surface area contributed by atoms with Crippen molar-refractivity contribution in [2.75, 3.05) is 6.61 Å². The first-order valence-corrected chi connectivity index (χ1v) is 5.67. The van der Waals surface area contributed by atoms with Crippen molar-refractivity contribution >= 4 is 5.97 Å². The van der Waals surface area contributed by atoms with Crippen LogP contribution in [0.1, 0.15) is 20.3 Å². The molecule has 0 fully saturated rings. The number of aliphatic hydroxyl groups excluding tert-OH is 1. The Kier molecular flexibility index (Phi) is 4.96. The fourth-order valence-electron chi connectivity index (χ4n) is 1.54. The van der Waals surface area contributed by atoms with E-state index < -0.39 is 12.1 Å². The van der Waals surface area contributed by atoms with Crippen molar-refractivity contribution < 1.29 is 14.6 Å². The van der Waals surface area contributed by atoms with Crippen LogP contribution in [0.5, 0.6) is 0 Å². The Hall–Kier alpha value is -1.56. The molecule has 0 spiro atoms. The molecule has 1 heterocycles. The standard InChI is InChI=1S/C11H18N2O4/c1-3-12-5-6-13(11(12)16)8-9(14)7-10(15)17-4-2/h5-6,9,14H,3-4,7-8H2,1-2H3. The van der Waals surface area contributed by atoms with Crippen molar-refractivity contribution in [1.29, 1.82) is 0 Å². The van der Waals surface area contributed by atoms with Gasteiger partial charge in [-0.05, 0) is 13.8 Å². The van der Waals surface area contributed by atoms with Gasteiger partial charge in [0.15, 0.2) is 0 Å². The summed E-state index contributed by atoms with van der Waals surface area (Å²) in [4.78, 5) is 22.8. The normalized spacial score (nSPS) is 12.4. The average molecular weight is 242 g/mol. The third-order valence-corrected chi connectivity index (χ3v) is 2.37. The molecule has 1 aromatic rings. The first-order valence-electron chi connectivity index (χ1n) is 5.67. The molecule has 1 N–H and O–H groups in total. The fraction of sp³-hybridized carbons (Fsp3) is 0.636. The molecule has 0 bridgehead atoms. The molecule has 96 valence electrons. The molecule has 6 nitrogen and oxygen atoms in total. The maximum Gasteiger partial charge on any atom is 0.328 e. The Morgan fingerprint density at radius 3 is 2.59 bits per heavy atom. The highest BCUT2D eigenvalue weighted by molar-refractivity contribution is 5.69. The summed E-state index contributed by atoms with van der Waals surface area (Å²) in [5, 5.41) is 9.64. The summed E-state index contributed by atoms with van der Waals surface area (Å²) < 4.78 is 7.62. The zero-order valence-corrected chi connectivity index (χ0v) is 10.1. The van der Waals surface area contributed by atoms with E-state index >= 15 is 0 Å². The molecule has 1 rings (SSSR count). The molecule has 6 heteroatoms. The molecular formula is C11H18N2O4. The highest BCUT2D eigenvalue weighted by Crippen LogP contribution is 1.98. The summed E-state index contributed by atoms with van der Waals surface area (Å²) in [6.07, 6.45) is 2.25. The van der Waals surface area contributed by atoms with E-state index in [0.717, 1.165) is 0 Å². The molecule has 0 amide bonds. The molecule has 1 unspecified atom stereocenters. The Morgan fingerprint density at radius 1 is 1.41 bits per heavy atom. The van der Waals surface area contributed by atoms with Gasteiger partial charge in [-0.3, -0.25) is 13.9 Å². The van der Waals surface area contributed by atoms with Gasteiger partial charge in [-0.25, -0.2) is 4.79 Å². The van der Waals surface area contributed by atoms with Gasteiger partial charge in [-0.1, -0.05) is 0 Å². The van der Waals surface area contributed by atoms with E-state index in [-0.39, 0.29) is 25.3 Å². The number of aromatic nitrogens is 2. The van der Waals surface area contributed by atoms with Crippen LogP contribution in [0.25, 0.3) is 0 Å². The number of rotatable bonds is 6. The van der Waals surface area contributed by atoms with Crippen LogP contribution in [0, 0.1) is 0 Å². The summed E-state index contributed by atoms with van der Waals surface area (Å²) in [5.74, 6) is -0.456. The van der Waals surface area contributed by atoms with Crippen molar-refractivity contribution in [3.63, 3.8) is 0 Å². The summed E-state index contributed by atoms with van der Waals surface area (Å²) in [6.45, 7) is 4.54. The van der Waals surface area contributed by atoms with Crippen molar-refractivity contribution in [1.82, 2.24) is 9.13 Å². The van der Waals surface area contributed by atoms with Crippen LogP contribution in [0.3, 0.4) is 0 Å². The van der Waals surface area contributed by atoms with E-state index in [4.69, 9.17) is 4.74 Å². The van der Waals surface area contributed by atoms with Crippen LogP contribution in [0.15, 0.2) is 17.2 Å². The third-order valence-electron chi connectivity index (χ3n) is 2.37. The Balaban J connectivity index is 2.56. The molecule has 0 aliphatic carbocycles. The van der Waals surface area contributed by atoms with Crippen LogP contribution in [0.4, 0.5) is 0 Å². The number of carbonyl (C=O) groups is 1. The fourth-order valence-corrected chi connectivity index (χ4v) is 1.54. The predicted molar refractivity (Wildman–Crippen MR) is 61.6 cm³/mol. The second-order valence-corrected chi connectivity index (χ2v) is 3.68. The maximum atomic E-state index is 11.6. The quantitative estimate of drug-likeness (QED) is 0.712. The minimum Gasteiger partial charge on any atom is -0.466 e. The number of aliphatic hydroxyl groups is 1. The van der Waals surface area contributed by atoms with Gasteiger partial charge in [-0.15, -0.1) is 0 Å². The number of hydrogen-bond acceptors (Lipinski definition) is 4. The van der Waals surface area contributed by atoms with E-state index in [2.05, 4.69) is 0 Å². The molecule has 1 atom stereocenters. The van der Waals surface area contributed by atoms with Crippen molar-refractivity contribution in [3.05, 3.63) is 22.9 Å². The number of nitrogens with zero attached hydrogens (tertiary/aromatic N) is 2. The van der Waals surface area contributed by atoms with Crippen LogP contribution < -0.4 is 5.69 Å². The molecule has 1 aromatic heterocycles. The van der Waals surface area contributed by atoms with Gasteiger partial charge in [0.25, 0.3) is 0 Å². The summed E-state index contributed by atoms with van der Waals surface area (Å²) in [5.41, 5.74) is -0.185. The highest BCUT2D eigenvalue weighted by Gasteiger charge is 2.13. The van der Waals surface area contributed by atoms with Crippen LogP contribution >= 0.6 is 0 Å². The van der Waals surface area contributed by atoms with Crippen LogP contribution in [0.2, 0.25) is 0 Å². The van der Waals surface area contributed by atoms with Gasteiger partial charge in [0.1, 0.15) is 0 Å². The Bertz CT molecular complexity index is 421. The first-order chi connectivity index (χ1) is 8.08. The molecule has 0 aliphatic rings. The van der Waals surface area contributed by atoms with E-state index in [9.17, 15) is 14.7 Å². The van der Waals surface area contributed by atoms with E-state index in [1.807, 2.05) is 6.92 Å². The largest absolute Gasteiger partial charge is 0.466 e. The Labute approximate surface area is 99.4 Å². The van der Waals surface area contributed by atoms with Gasteiger partial charge in [-0.2, -0.15) is 0 Å². The number of esters is 1. The topological polar surface area (TPSA) is 73.5 Å². The van der Waals surface area contributed by atoms with E-state index in [1.165, 1.54) is 9.13 Å². The zero-order valence-electron chi connectivity index (χ0n) is 10.1. The van der Waals surface area contributed by atoms with E-state index in [0.29, 0.717) is 6.54 Å². The number of ether oxygens (including phenoxy) is 1. The second-order valence-electron chi connectivity index (χ2n) is 3.68. The van der Waals surface area contributed by atoms with Gasteiger partial charge in [0.2, 0.25) is 0 Å². The van der Waals surface area contributed by atoms with Gasteiger partial charge in [0, 0.05) is 18.9 Å². The first kappa shape index (κ1) is 13.5. The van der Waals surface area contributed by atoms with Crippen molar-refractivity contribution in [2.24, 2.45) is 0 Å². The lowest BCUT2D eigenvalue weighted by Gasteiger charge is -2.09. The number of aryl methyl sites for hydroxylation is 1. The van der Waals surface area contributed by atoms with Gasteiger partial charge in [0.05, 0.1) is 25.7 Å². The average Bonchev–Trinajstić information content (AvgIpc) is 2.60. The molecule has 0 aromatic carbocycles. The summed E-state index contributed by atoms with van der Waals surface area (Å²) in [7, 11) is 0. The van der Waals surface area contributed by atoms with Crippen LogP contribution in [-0.4, -0.2) is 32.9 Å². The number of carbonyl (C=O) groups excluding carboxylic acids is 1.